The highest BCUT2D eigenvalue weighted by molar-refractivity contribution is 8.76. The van der Waals surface area contributed by atoms with Crippen LogP contribution in [0.15, 0.2) is 29.4 Å². The van der Waals surface area contributed by atoms with Gasteiger partial charge in [-0.3, -0.25) is 0 Å². The number of aromatic nitrogens is 1. The summed E-state index contributed by atoms with van der Waals surface area (Å²) in [4.78, 5) is 4.25. The fourth-order valence-electron chi connectivity index (χ4n) is 1.22. The van der Waals surface area contributed by atoms with Gasteiger partial charge in [0.15, 0.2) is 0 Å². The lowest BCUT2D eigenvalue weighted by atomic mass is 10.2. The fraction of sp³-hybridized carbons (Fsp3) is 0.545. The lowest BCUT2D eigenvalue weighted by molar-refractivity contribution is 0.285. The molecule has 1 atom stereocenters. The molecule has 4 heteroatoms. The molecule has 0 bridgehead atoms. The van der Waals surface area contributed by atoms with Gasteiger partial charge in [-0.2, -0.15) is 0 Å². The second-order valence-electron chi connectivity index (χ2n) is 3.27. The Morgan fingerprint density at radius 2 is 2.27 bits per heavy atom. The maximum Gasteiger partial charge on any atom is 0.106 e. The van der Waals surface area contributed by atoms with E-state index in [2.05, 4.69) is 11.9 Å². The largest absolute Gasteiger partial charge is 0.396 e. The van der Waals surface area contributed by atoms with Crippen LogP contribution in [-0.4, -0.2) is 21.9 Å². The van der Waals surface area contributed by atoms with Gasteiger partial charge in [-0.05, 0) is 35.8 Å². The SMILES string of the molecule is CCCC(CCO)SSc1ccccn1. The van der Waals surface area contributed by atoms with Gasteiger partial charge in [-0.1, -0.05) is 30.2 Å². The molecular weight excluding hydrogens is 226 g/mol. The second-order valence-corrected chi connectivity index (χ2v) is 5.79. The summed E-state index contributed by atoms with van der Waals surface area (Å²) in [7, 11) is 3.52. The van der Waals surface area contributed by atoms with Gasteiger partial charge in [0.2, 0.25) is 0 Å². The molecule has 0 aliphatic rings. The quantitative estimate of drug-likeness (QED) is 0.744. The molecular formula is C11H17NOS2. The number of aliphatic hydroxyl groups is 1. The molecule has 0 saturated carbocycles. The number of pyridine rings is 1. The maximum absolute atomic E-state index is 8.92. The summed E-state index contributed by atoms with van der Waals surface area (Å²) in [5.41, 5.74) is 0. The Morgan fingerprint density at radius 1 is 1.40 bits per heavy atom. The second kappa shape index (κ2) is 8.02. The molecule has 84 valence electrons. The Bertz CT molecular complexity index is 250. The predicted molar refractivity (Wildman–Crippen MR) is 68.1 cm³/mol. The molecule has 0 aliphatic carbocycles. The fourth-order valence-corrected chi connectivity index (χ4v) is 3.80. The molecule has 1 rings (SSSR count). The van der Waals surface area contributed by atoms with E-state index in [-0.39, 0.29) is 6.61 Å². The van der Waals surface area contributed by atoms with Gasteiger partial charge in [0.25, 0.3) is 0 Å². The lowest BCUT2D eigenvalue weighted by Gasteiger charge is -2.12. The van der Waals surface area contributed by atoms with Crippen LogP contribution in [0.4, 0.5) is 0 Å². The smallest absolute Gasteiger partial charge is 0.106 e. The van der Waals surface area contributed by atoms with Gasteiger partial charge in [0.05, 0.1) is 0 Å². The molecule has 0 aliphatic heterocycles. The third-order valence-electron chi connectivity index (χ3n) is 1.97. The Balaban J connectivity index is 2.33. The van der Waals surface area contributed by atoms with E-state index in [1.54, 1.807) is 10.8 Å². The minimum Gasteiger partial charge on any atom is -0.396 e. The zero-order chi connectivity index (χ0) is 10.9. The van der Waals surface area contributed by atoms with Crippen LogP contribution in [-0.2, 0) is 0 Å². The molecule has 1 aromatic heterocycles. The minimum absolute atomic E-state index is 0.278. The predicted octanol–water partition coefficient (Wildman–Crippen LogP) is 3.37. The summed E-state index contributed by atoms with van der Waals surface area (Å²) >= 11 is 0. The van der Waals surface area contributed by atoms with Gasteiger partial charge < -0.3 is 5.11 Å². The highest BCUT2D eigenvalue weighted by Crippen LogP contribution is 2.36. The molecule has 0 amide bonds. The molecule has 1 aromatic rings. The molecule has 0 aromatic carbocycles. The van der Waals surface area contributed by atoms with Crippen molar-refractivity contribution < 1.29 is 5.11 Å². The van der Waals surface area contributed by atoms with Gasteiger partial charge >= 0.3 is 0 Å². The molecule has 0 radical (unpaired) electrons. The zero-order valence-electron chi connectivity index (χ0n) is 8.93. The average Bonchev–Trinajstić information content (AvgIpc) is 2.28. The molecule has 1 unspecified atom stereocenters. The first kappa shape index (κ1) is 12.9. The van der Waals surface area contributed by atoms with Gasteiger partial charge in [-0.25, -0.2) is 4.98 Å². The molecule has 1 heterocycles. The Hall–Kier alpha value is -0.190. The first-order valence-electron chi connectivity index (χ1n) is 5.22. The van der Waals surface area contributed by atoms with Gasteiger partial charge in [-0.15, -0.1) is 0 Å². The van der Waals surface area contributed by atoms with Crippen LogP contribution in [0.2, 0.25) is 0 Å². The van der Waals surface area contributed by atoms with Crippen LogP contribution in [0.3, 0.4) is 0 Å². The highest BCUT2D eigenvalue weighted by Gasteiger charge is 2.08. The molecule has 0 fully saturated rings. The summed E-state index contributed by atoms with van der Waals surface area (Å²) in [6, 6.07) is 5.93. The van der Waals surface area contributed by atoms with Crippen LogP contribution in [0.1, 0.15) is 26.2 Å². The van der Waals surface area contributed by atoms with E-state index in [9.17, 15) is 0 Å². The van der Waals surface area contributed by atoms with Crippen LogP contribution in [0, 0.1) is 0 Å². The Morgan fingerprint density at radius 3 is 2.87 bits per heavy atom. The first-order chi connectivity index (χ1) is 7.36. The van der Waals surface area contributed by atoms with E-state index in [0.29, 0.717) is 5.25 Å². The summed E-state index contributed by atoms with van der Waals surface area (Å²) in [5, 5.41) is 10.5. The van der Waals surface area contributed by atoms with E-state index >= 15 is 0 Å². The van der Waals surface area contributed by atoms with Gasteiger partial charge in [0.1, 0.15) is 5.03 Å². The molecule has 1 N–H and O–H groups in total. The average molecular weight is 243 g/mol. The zero-order valence-corrected chi connectivity index (χ0v) is 10.6. The van der Waals surface area contributed by atoms with Crippen molar-refractivity contribution in [2.75, 3.05) is 6.61 Å². The van der Waals surface area contributed by atoms with Crippen molar-refractivity contribution in [1.82, 2.24) is 4.98 Å². The van der Waals surface area contributed by atoms with Crippen molar-refractivity contribution >= 4 is 21.6 Å². The van der Waals surface area contributed by atoms with E-state index in [4.69, 9.17) is 5.11 Å². The van der Waals surface area contributed by atoms with Crippen molar-refractivity contribution in [1.29, 1.82) is 0 Å². The topological polar surface area (TPSA) is 33.1 Å². The standard InChI is InChI=1S/C11H17NOS2/c1-2-5-10(7-9-13)14-15-11-6-3-4-8-12-11/h3-4,6,8,10,13H,2,5,7,9H2,1H3. The first-order valence-corrected chi connectivity index (χ1v) is 7.43. The van der Waals surface area contributed by atoms with Crippen molar-refractivity contribution in [3.8, 4) is 0 Å². The molecule has 0 spiro atoms. The van der Waals surface area contributed by atoms with Crippen molar-refractivity contribution in [3.05, 3.63) is 24.4 Å². The van der Waals surface area contributed by atoms with E-state index in [1.807, 2.05) is 35.2 Å². The summed E-state index contributed by atoms with van der Waals surface area (Å²) in [6.07, 6.45) is 5.01. The minimum atomic E-state index is 0.278. The van der Waals surface area contributed by atoms with Gasteiger partial charge in [0, 0.05) is 18.1 Å². The molecule has 2 nitrogen and oxygen atoms in total. The van der Waals surface area contributed by atoms with Crippen LogP contribution < -0.4 is 0 Å². The monoisotopic (exact) mass is 243 g/mol. The summed E-state index contributed by atoms with van der Waals surface area (Å²) < 4.78 is 0. The molecule has 0 saturated heterocycles. The third kappa shape index (κ3) is 5.44. The normalized spacial score (nSPS) is 12.7. The van der Waals surface area contributed by atoms with Crippen molar-refractivity contribution in [3.63, 3.8) is 0 Å². The molecule has 15 heavy (non-hydrogen) atoms. The number of hydrogen-bond acceptors (Lipinski definition) is 4. The number of hydrogen-bond donors (Lipinski definition) is 1. The van der Waals surface area contributed by atoms with E-state index in [0.717, 1.165) is 17.9 Å². The van der Waals surface area contributed by atoms with E-state index < -0.39 is 0 Å². The Kier molecular flexibility index (Phi) is 6.88. The van der Waals surface area contributed by atoms with Crippen LogP contribution in [0.25, 0.3) is 0 Å². The van der Waals surface area contributed by atoms with Crippen molar-refractivity contribution in [2.24, 2.45) is 0 Å². The summed E-state index contributed by atoms with van der Waals surface area (Å²) in [5.74, 6) is 0. The maximum atomic E-state index is 8.92. The lowest BCUT2D eigenvalue weighted by Crippen LogP contribution is -2.03. The number of aliphatic hydroxyl groups excluding tert-OH is 1. The Labute approximate surface area is 99.3 Å². The number of nitrogens with zero attached hydrogens (tertiary/aromatic N) is 1. The van der Waals surface area contributed by atoms with Crippen molar-refractivity contribution in [2.45, 2.75) is 36.5 Å². The van der Waals surface area contributed by atoms with Crippen LogP contribution in [0.5, 0.6) is 0 Å². The third-order valence-corrected chi connectivity index (χ3v) is 4.84. The highest BCUT2D eigenvalue weighted by atomic mass is 33.1. The van der Waals surface area contributed by atoms with Crippen LogP contribution >= 0.6 is 21.6 Å². The number of rotatable bonds is 7. The van der Waals surface area contributed by atoms with E-state index in [1.165, 1.54) is 6.42 Å². The summed E-state index contributed by atoms with van der Waals surface area (Å²) in [6.45, 7) is 2.46.